The van der Waals surface area contributed by atoms with Gasteiger partial charge in [0.25, 0.3) is 4.58 Å². The minimum Gasteiger partial charge on any atom is -0.508 e. The summed E-state index contributed by atoms with van der Waals surface area (Å²) >= 11 is 2.40. The molecule has 1 aromatic carbocycles. The van der Waals surface area contributed by atoms with Crippen LogP contribution >= 0.6 is 15.9 Å². The lowest BCUT2D eigenvalue weighted by molar-refractivity contribution is -0.127. The third kappa shape index (κ3) is 2.39. The van der Waals surface area contributed by atoms with Crippen molar-refractivity contribution < 1.29 is 23.1 Å². The van der Waals surface area contributed by atoms with Crippen LogP contribution in [0, 0.1) is 11.7 Å². The Morgan fingerprint density at radius 3 is 2.78 bits per heavy atom. The molecule has 1 fully saturated rings. The zero-order valence-corrected chi connectivity index (χ0v) is 10.8. The van der Waals surface area contributed by atoms with Gasteiger partial charge in [-0.3, -0.25) is 4.79 Å². The quantitative estimate of drug-likeness (QED) is 0.864. The summed E-state index contributed by atoms with van der Waals surface area (Å²) in [4.78, 5) is 11.6. The van der Waals surface area contributed by atoms with E-state index in [2.05, 4.69) is 15.9 Å². The second-order valence-corrected chi connectivity index (χ2v) is 5.61. The van der Waals surface area contributed by atoms with E-state index in [1.165, 1.54) is 6.07 Å². The van der Waals surface area contributed by atoms with Crippen LogP contribution in [0.1, 0.15) is 17.9 Å². The van der Waals surface area contributed by atoms with Crippen LogP contribution in [0.4, 0.5) is 13.2 Å². The predicted octanol–water partition coefficient (Wildman–Crippen LogP) is 3.23. The second kappa shape index (κ2) is 4.57. The van der Waals surface area contributed by atoms with Crippen molar-refractivity contribution in [1.29, 1.82) is 0 Å². The average molecular weight is 323 g/mol. The fraction of sp³-hybridized carbons (Fsp3) is 0.417. The van der Waals surface area contributed by atoms with Crippen molar-refractivity contribution in [3.63, 3.8) is 0 Å². The molecule has 0 amide bonds. The minimum atomic E-state index is -2.66. The first-order chi connectivity index (χ1) is 8.36. The van der Waals surface area contributed by atoms with Crippen LogP contribution in [0.3, 0.4) is 0 Å². The number of hydrogen-bond donors (Lipinski definition) is 1. The largest absolute Gasteiger partial charge is 0.508 e. The van der Waals surface area contributed by atoms with Crippen molar-refractivity contribution in [2.24, 2.45) is 5.92 Å². The van der Waals surface area contributed by atoms with Gasteiger partial charge in [0.05, 0.1) is 0 Å². The zero-order valence-electron chi connectivity index (χ0n) is 9.17. The average Bonchev–Trinajstić information content (AvgIpc) is 3.08. The maximum atomic E-state index is 13.4. The van der Waals surface area contributed by atoms with Crippen LogP contribution in [0.15, 0.2) is 18.2 Å². The Labute approximate surface area is 110 Å². The molecule has 3 atom stereocenters. The smallest absolute Gasteiger partial charge is 0.250 e. The molecule has 1 aliphatic carbocycles. The fourth-order valence-corrected chi connectivity index (χ4v) is 2.29. The highest BCUT2D eigenvalue weighted by atomic mass is 79.9. The standard InChI is InChI=1S/C12H10BrF3O2/c13-12(16,5-14)11(18)9-4-8(9)7-2-1-6(15)3-10(7)17/h1-3,8-9,17H,4-5H2. The van der Waals surface area contributed by atoms with Crippen LogP contribution in [0.25, 0.3) is 0 Å². The second-order valence-electron chi connectivity index (χ2n) is 4.35. The highest BCUT2D eigenvalue weighted by Crippen LogP contribution is 2.53. The molecule has 0 saturated heterocycles. The normalized spacial score (nSPS) is 25.6. The summed E-state index contributed by atoms with van der Waals surface area (Å²) in [6.45, 7) is -1.44. The Morgan fingerprint density at radius 2 is 2.22 bits per heavy atom. The Kier molecular flexibility index (Phi) is 3.40. The number of rotatable bonds is 4. The summed E-state index contributed by atoms with van der Waals surface area (Å²) in [7, 11) is 0. The number of hydrogen-bond acceptors (Lipinski definition) is 2. The molecule has 1 aliphatic rings. The lowest BCUT2D eigenvalue weighted by atomic mass is 10.0. The van der Waals surface area contributed by atoms with Gasteiger partial charge in [-0.1, -0.05) is 6.07 Å². The maximum Gasteiger partial charge on any atom is 0.250 e. The van der Waals surface area contributed by atoms with Crippen LogP contribution in [0.2, 0.25) is 0 Å². The van der Waals surface area contributed by atoms with Crippen LogP contribution in [-0.4, -0.2) is 22.1 Å². The monoisotopic (exact) mass is 322 g/mol. The first kappa shape index (κ1) is 13.4. The van der Waals surface area contributed by atoms with Gasteiger partial charge in [-0.25, -0.2) is 13.2 Å². The number of phenols is 1. The molecule has 18 heavy (non-hydrogen) atoms. The van der Waals surface area contributed by atoms with Crippen molar-refractivity contribution in [3.8, 4) is 5.75 Å². The van der Waals surface area contributed by atoms with Gasteiger partial charge in [0.1, 0.15) is 18.2 Å². The van der Waals surface area contributed by atoms with E-state index in [-0.39, 0.29) is 11.7 Å². The van der Waals surface area contributed by atoms with Gasteiger partial charge in [0, 0.05) is 12.0 Å². The molecule has 2 nitrogen and oxygen atoms in total. The van der Waals surface area contributed by atoms with E-state index in [1.807, 2.05) is 0 Å². The molecule has 0 radical (unpaired) electrons. The molecular weight excluding hydrogens is 313 g/mol. The van der Waals surface area contributed by atoms with E-state index in [0.717, 1.165) is 12.1 Å². The van der Waals surface area contributed by atoms with E-state index >= 15 is 0 Å². The molecule has 0 aliphatic heterocycles. The topological polar surface area (TPSA) is 37.3 Å². The molecule has 0 bridgehead atoms. The number of alkyl halides is 3. The molecule has 2 rings (SSSR count). The van der Waals surface area contributed by atoms with Gasteiger partial charge in [-0.2, -0.15) is 0 Å². The van der Waals surface area contributed by atoms with E-state index in [0.29, 0.717) is 12.0 Å². The van der Waals surface area contributed by atoms with Crippen molar-refractivity contribution in [3.05, 3.63) is 29.6 Å². The van der Waals surface area contributed by atoms with Crippen molar-refractivity contribution in [1.82, 2.24) is 0 Å². The van der Waals surface area contributed by atoms with Crippen molar-refractivity contribution >= 4 is 21.7 Å². The van der Waals surface area contributed by atoms with E-state index in [1.54, 1.807) is 0 Å². The lowest BCUT2D eigenvalue weighted by Crippen LogP contribution is -2.30. The summed E-state index contributed by atoms with van der Waals surface area (Å²) in [6, 6.07) is 3.44. The molecule has 0 aromatic heterocycles. The molecule has 0 spiro atoms. The van der Waals surface area contributed by atoms with Gasteiger partial charge in [-0.15, -0.1) is 0 Å². The fourth-order valence-electron chi connectivity index (χ4n) is 2.00. The summed E-state index contributed by atoms with van der Waals surface area (Å²) in [5, 5.41) is 9.53. The number of ketones is 1. The predicted molar refractivity (Wildman–Crippen MR) is 62.7 cm³/mol. The molecule has 1 aromatic rings. The lowest BCUT2D eigenvalue weighted by Gasteiger charge is -2.12. The Hall–Kier alpha value is -1.04. The SMILES string of the molecule is O=C(C1CC1c1ccc(F)cc1O)C(F)(Br)CF. The zero-order chi connectivity index (χ0) is 13.5. The van der Waals surface area contributed by atoms with Gasteiger partial charge in [0.2, 0.25) is 0 Å². The highest BCUT2D eigenvalue weighted by molar-refractivity contribution is 9.10. The van der Waals surface area contributed by atoms with E-state index in [4.69, 9.17) is 0 Å². The van der Waals surface area contributed by atoms with Crippen molar-refractivity contribution in [2.45, 2.75) is 16.9 Å². The Morgan fingerprint density at radius 1 is 1.56 bits per heavy atom. The van der Waals surface area contributed by atoms with Crippen LogP contribution < -0.4 is 0 Å². The van der Waals surface area contributed by atoms with Gasteiger partial charge in [0.15, 0.2) is 5.78 Å². The number of aromatic hydroxyl groups is 1. The first-order valence-electron chi connectivity index (χ1n) is 5.33. The maximum absolute atomic E-state index is 13.4. The highest BCUT2D eigenvalue weighted by Gasteiger charge is 2.52. The number of carbonyl (C=O) groups is 1. The summed E-state index contributed by atoms with van der Waals surface area (Å²) in [6.07, 6.45) is 0.329. The number of benzene rings is 1. The molecule has 3 unspecified atom stereocenters. The van der Waals surface area contributed by atoms with E-state index < -0.39 is 28.8 Å². The third-order valence-electron chi connectivity index (χ3n) is 3.05. The summed E-state index contributed by atoms with van der Waals surface area (Å²) in [5.74, 6) is -2.80. The van der Waals surface area contributed by atoms with Crippen LogP contribution in [0.5, 0.6) is 5.75 Å². The van der Waals surface area contributed by atoms with Gasteiger partial charge < -0.3 is 5.11 Å². The minimum absolute atomic E-state index is 0.269. The molecule has 1 N–H and O–H groups in total. The Bertz CT molecular complexity index is 490. The number of carbonyl (C=O) groups excluding carboxylic acids is 1. The molecule has 1 saturated carbocycles. The number of halogens is 4. The van der Waals surface area contributed by atoms with Crippen LogP contribution in [-0.2, 0) is 4.79 Å². The van der Waals surface area contributed by atoms with Gasteiger partial charge >= 0.3 is 0 Å². The van der Waals surface area contributed by atoms with Gasteiger partial charge in [-0.05, 0) is 39.9 Å². The molecule has 0 heterocycles. The summed E-state index contributed by atoms with van der Waals surface area (Å²) < 4.78 is 35.9. The first-order valence-corrected chi connectivity index (χ1v) is 6.12. The third-order valence-corrected chi connectivity index (χ3v) is 3.65. The molecule has 98 valence electrons. The van der Waals surface area contributed by atoms with E-state index in [9.17, 15) is 23.1 Å². The van der Waals surface area contributed by atoms with Crippen molar-refractivity contribution in [2.75, 3.05) is 6.67 Å². The number of phenolic OH excluding ortho intramolecular Hbond substituents is 1. The molecule has 6 heteroatoms. The number of Topliss-reactive ketones (excluding diaryl/α,β-unsaturated/α-hetero) is 1. The Balaban J connectivity index is 2.14. The molecular formula is C12H10BrF3O2. The summed E-state index contributed by atoms with van der Waals surface area (Å²) in [5.41, 5.74) is 0.386.